The molecule has 0 aliphatic heterocycles. The molecule has 1 aromatic carbocycles. The molecule has 0 aliphatic rings. The van der Waals surface area contributed by atoms with Crippen LogP contribution in [0.4, 0.5) is 0 Å². The van der Waals surface area contributed by atoms with E-state index < -0.39 is 0 Å². The molecule has 3 rings (SSSR count). The van der Waals surface area contributed by atoms with Gasteiger partial charge in [0.25, 0.3) is 0 Å². The minimum absolute atomic E-state index is 0.822. The third-order valence-electron chi connectivity index (χ3n) is 3.39. The van der Waals surface area contributed by atoms with Gasteiger partial charge in [-0.3, -0.25) is 0 Å². The largest absolute Gasteiger partial charge is 0.316 e. The normalized spacial score (nSPS) is 10.8. The molecule has 0 atom stereocenters. The molecular formula is C17H18N4. The molecule has 0 amide bonds. The number of hydrogen-bond acceptors (Lipinski definition) is 3. The van der Waals surface area contributed by atoms with E-state index >= 15 is 0 Å². The van der Waals surface area contributed by atoms with Crippen molar-refractivity contribution in [1.29, 1.82) is 0 Å². The summed E-state index contributed by atoms with van der Waals surface area (Å²) in [5.41, 5.74) is 4.55. The van der Waals surface area contributed by atoms with Crippen LogP contribution in [0.2, 0.25) is 0 Å². The zero-order valence-corrected chi connectivity index (χ0v) is 12.2. The molecule has 0 radical (unpaired) electrons. The van der Waals surface area contributed by atoms with Gasteiger partial charge in [0.1, 0.15) is 0 Å². The third-order valence-corrected chi connectivity index (χ3v) is 3.39. The van der Waals surface area contributed by atoms with Crippen LogP contribution in [0.3, 0.4) is 0 Å². The van der Waals surface area contributed by atoms with Gasteiger partial charge in [0.2, 0.25) is 0 Å². The van der Waals surface area contributed by atoms with Gasteiger partial charge in [-0.15, -0.1) is 0 Å². The molecule has 0 saturated heterocycles. The molecule has 4 nitrogen and oxygen atoms in total. The second kappa shape index (κ2) is 5.89. The Morgan fingerprint density at radius 1 is 1.10 bits per heavy atom. The zero-order chi connectivity index (χ0) is 14.7. The highest BCUT2D eigenvalue weighted by molar-refractivity contribution is 5.61. The molecule has 3 aromatic rings. The van der Waals surface area contributed by atoms with E-state index in [1.807, 2.05) is 48.5 Å². The first-order valence-electron chi connectivity index (χ1n) is 6.98. The first-order chi connectivity index (χ1) is 10.3. The monoisotopic (exact) mass is 278 g/mol. The Balaban J connectivity index is 1.93. The summed E-state index contributed by atoms with van der Waals surface area (Å²) >= 11 is 0. The van der Waals surface area contributed by atoms with Gasteiger partial charge in [-0.2, -0.15) is 5.10 Å². The highest BCUT2D eigenvalue weighted by atomic mass is 15.3. The van der Waals surface area contributed by atoms with Crippen LogP contribution < -0.4 is 5.32 Å². The molecule has 0 aliphatic carbocycles. The van der Waals surface area contributed by atoms with Gasteiger partial charge in [0.05, 0.1) is 6.20 Å². The number of hydrogen-bond donors (Lipinski definition) is 1. The summed E-state index contributed by atoms with van der Waals surface area (Å²) in [6, 6.07) is 12.4. The number of pyridine rings is 1. The highest BCUT2D eigenvalue weighted by Gasteiger charge is 2.07. The number of benzene rings is 1. The quantitative estimate of drug-likeness (QED) is 0.798. The van der Waals surface area contributed by atoms with E-state index in [0.717, 1.165) is 29.1 Å². The zero-order valence-electron chi connectivity index (χ0n) is 12.2. The molecule has 2 aromatic heterocycles. The van der Waals surface area contributed by atoms with Crippen LogP contribution in [0.15, 0.2) is 55.0 Å². The lowest BCUT2D eigenvalue weighted by atomic mass is 10.1. The SMILES string of the molecule is CNCc1cnc(-n2cc(-c3ccccc3)cn2)c(C)c1. The predicted octanol–water partition coefficient (Wildman–Crippen LogP) is 2.96. The number of nitrogens with one attached hydrogen (secondary N) is 1. The summed E-state index contributed by atoms with van der Waals surface area (Å²) in [7, 11) is 1.93. The molecular weight excluding hydrogens is 260 g/mol. The molecule has 0 fully saturated rings. The first kappa shape index (κ1) is 13.5. The van der Waals surface area contributed by atoms with Crippen molar-refractivity contribution in [2.24, 2.45) is 0 Å². The Labute approximate surface area is 124 Å². The predicted molar refractivity (Wildman–Crippen MR) is 84.3 cm³/mol. The van der Waals surface area contributed by atoms with Gasteiger partial charge in [-0.25, -0.2) is 9.67 Å². The average Bonchev–Trinajstić information content (AvgIpc) is 2.98. The standard InChI is InChI=1S/C17H18N4/c1-13-8-14(9-18-2)10-19-17(13)21-12-16(11-20-21)15-6-4-3-5-7-15/h3-8,10-12,18H,9H2,1-2H3. The molecule has 21 heavy (non-hydrogen) atoms. The van der Waals surface area contributed by atoms with Crippen molar-refractivity contribution < 1.29 is 0 Å². The molecule has 4 heteroatoms. The van der Waals surface area contributed by atoms with Gasteiger partial charge in [-0.1, -0.05) is 30.3 Å². The number of aryl methyl sites for hydroxylation is 1. The summed E-state index contributed by atoms with van der Waals surface area (Å²) in [4.78, 5) is 4.53. The fourth-order valence-corrected chi connectivity index (χ4v) is 2.38. The topological polar surface area (TPSA) is 42.7 Å². The minimum Gasteiger partial charge on any atom is -0.316 e. The third kappa shape index (κ3) is 2.85. The van der Waals surface area contributed by atoms with E-state index in [2.05, 4.69) is 40.5 Å². The van der Waals surface area contributed by atoms with Crippen molar-refractivity contribution in [1.82, 2.24) is 20.1 Å². The van der Waals surface area contributed by atoms with E-state index in [9.17, 15) is 0 Å². The van der Waals surface area contributed by atoms with Gasteiger partial charge in [-0.05, 0) is 36.7 Å². The number of rotatable bonds is 4. The Morgan fingerprint density at radius 3 is 2.62 bits per heavy atom. The maximum atomic E-state index is 4.53. The van der Waals surface area contributed by atoms with Gasteiger partial charge < -0.3 is 5.32 Å². The van der Waals surface area contributed by atoms with E-state index in [1.165, 1.54) is 5.56 Å². The van der Waals surface area contributed by atoms with Crippen LogP contribution in [0, 0.1) is 6.92 Å². The molecule has 1 N–H and O–H groups in total. The van der Waals surface area contributed by atoms with Crippen LogP contribution in [0.25, 0.3) is 16.9 Å². The van der Waals surface area contributed by atoms with Crippen molar-refractivity contribution in [3.05, 3.63) is 66.1 Å². The molecule has 2 heterocycles. The maximum absolute atomic E-state index is 4.53. The lowest BCUT2D eigenvalue weighted by Crippen LogP contribution is -2.07. The summed E-state index contributed by atoms with van der Waals surface area (Å²) in [5.74, 6) is 0.872. The van der Waals surface area contributed by atoms with Gasteiger partial charge >= 0.3 is 0 Å². The first-order valence-corrected chi connectivity index (χ1v) is 6.98. The Morgan fingerprint density at radius 2 is 1.90 bits per heavy atom. The van der Waals surface area contributed by atoms with Crippen LogP contribution in [0.5, 0.6) is 0 Å². The Hall–Kier alpha value is -2.46. The van der Waals surface area contributed by atoms with Crippen molar-refractivity contribution in [2.45, 2.75) is 13.5 Å². The van der Waals surface area contributed by atoms with E-state index in [0.29, 0.717) is 0 Å². The lowest BCUT2D eigenvalue weighted by molar-refractivity contribution is 0.797. The second-order valence-electron chi connectivity index (χ2n) is 5.05. The summed E-state index contributed by atoms with van der Waals surface area (Å²) in [6.07, 6.45) is 5.78. The molecule has 0 saturated carbocycles. The minimum atomic E-state index is 0.822. The number of aromatic nitrogens is 3. The van der Waals surface area contributed by atoms with Crippen LogP contribution in [0.1, 0.15) is 11.1 Å². The number of nitrogens with zero attached hydrogens (tertiary/aromatic N) is 3. The maximum Gasteiger partial charge on any atom is 0.156 e. The van der Waals surface area contributed by atoms with Crippen molar-refractivity contribution in [2.75, 3.05) is 7.05 Å². The lowest BCUT2D eigenvalue weighted by Gasteiger charge is -2.07. The second-order valence-corrected chi connectivity index (χ2v) is 5.05. The van der Waals surface area contributed by atoms with E-state index in [4.69, 9.17) is 0 Å². The summed E-state index contributed by atoms with van der Waals surface area (Å²) in [6.45, 7) is 2.88. The molecule has 0 spiro atoms. The van der Waals surface area contributed by atoms with Crippen molar-refractivity contribution in [3.8, 4) is 16.9 Å². The van der Waals surface area contributed by atoms with Gasteiger partial charge in [0, 0.05) is 24.5 Å². The molecule has 0 unspecified atom stereocenters. The Kier molecular flexibility index (Phi) is 3.79. The van der Waals surface area contributed by atoms with Crippen LogP contribution in [-0.4, -0.2) is 21.8 Å². The summed E-state index contributed by atoms with van der Waals surface area (Å²) < 4.78 is 1.83. The smallest absolute Gasteiger partial charge is 0.156 e. The molecule has 0 bridgehead atoms. The summed E-state index contributed by atoms with van der Waals surface area (Å²) in [5, 5.41) is 7.57. The Bertz CT molecular complexity index is 732. The van der Waals surface area contributed by atoms with E-state index in [1.54, 1.807) is 0 Å². The van der Waals surface area contributed by atoms with Crippen molar-refractivity contribution in [3.63, 3.8) is 0 Å². The highest BCUT2D eigenvalue weighted by Crippen LogP contribution is 2.20. The fraction of sp³-hybridized carbons (Fsp3) is 0.176. The van der Waals surface area contributed by atoms with Crippen molar-refractivity contribution >= 4 is 0 Å². The average molecular weight is 278 g/mol. The van der Waals surface area contributed by atoms with Gasteiger partial charge in [0.15, 0.2) is 5.82 Å². The fourth-order valence-electron chi connectivity index (χ4n) is 2.38. The van der Waals surface area contributed by atoms with E-state index in [-0.39, 0.29) is 0 Å². The van der Waals surface area contributed by atoms with Crippen LogP contribution >= 0.6 is 0 Å². The van der Waals surface area contributed by atoms with Crippen LogP contribution in [-0.2, 0) is 6.54 Å². The molecule has 106 valence electrons.